The third-order valence-corrected chi connectivity index (χ3v) is 6.85. The van der Waals surface area contributed by atoms with E-state index in [4.69, 9.17) is 0 Å². The van der Waals surface area contributed by atoms with Gasteiger partial charge in [-0.2, -0.15) is 5.10 Å². The number of carbonyl (C=O) groups is 1. The first-order valence-corrected chi connectivity index (χ1v) is 12.3. The van der Waals surface area contributed by atoms with E-state index in [-0.39, 0.29) is 23.8 Å². The number of aryl methyl sites for hydroxylation is 1. The first-order chi connectivity index (χ1) is 17.6. The maximum absolute atomic E-state index is 13.4. The minimum Gasteiger partial charge on any atom is -0.365 e. The van der Waals surface area contributed by atoms with Crippen LogP contribution in [-0.2, 0) is 31.4 Å². The van der Waals surface area contributed by atoms with E-state index in [2.05, 4.69) is 25.7 Å². The molecule has 0 saturated carbocycles. The second-order valence-corrected chi connectivity index (χ2v) is 9.52. The van der Waals surface area contributed by atoms with Crippen LogP contribution in [0.1, 0.15) is 10.4 Å². The van der Waals surface area contributed by atoms with Gasteiger partial charge < -0.3 is 10.6 Å². The van der Waals surface area contributed by atoms with Gasteiger partial charge in [-0.1, -0.05) is 30.3 Å². The van der Waals surface area contributed by atoms with Crippen LogP contribution < -0.4 is 16.2 Å². The van der Waals surface area contributed by atoms with E-state index in [1.54, 1.807) is 54.1 Å². The van der Waals surface area contributed by atoms with E-state index in [0.29, 0.717) is 24.3 Å². The normalized spacial score (nSPS) is 11.0. The minimum atomic E-state index is -0.354. The summed E-state index contributed by atoms with van der Waals surface area (Å²) in [6.07, 6.45) is 9.35. The Morgan fingerprint density at radius 1 is 1.11 bits per heavy atom. The summed E-state index contributed by atoms with van der Waals surface area (Å²) in [5.41, 5.74) is 2.05. The number of amides is 1. The number of thiophene rings is 1. The molecule has 0 aliphatic carbocycles. The number of nitrogens with zero attached hydrogens (tertiary/aromatic N) is 5. The molecule has 0 fully saturated rings. The van der Waals surface area contributed by atoms with E-state index in [1.165, 1.54) is 4.57 Å². The van der Waals surface area contributed by atoms with Crippen LogP contribution >= 0.6 is 11.3 Å². The molecule has 0 spiro atoms. The van der Waals surface area contributed by atoms with E-state index in [0.717, 1.165) is 26.9 Å². The molecular formula is C26H25N7O2S. The molecule has 5 rings (SSSR count). The average molecular weight is 500 g/mol. The smallest absolute Gasteiger partial charge is 0.294 e. The summed E-state index contributed by atoms with van der Waals surface area (Å²) < 4.78 is 4.20. The van der Waals surface area contributed by atoms with Crippen LogP contribution in [0.15, 0.2) is 78.2 Å². The number of anilines is 1. The molecule has 0 atom stereocenters. The number of benzene rings is 1. The van der Waals surface area contributed by atoms with Crippen molar-refractivity contribution in [3.8, 4) is 11.3 Å². The number of hydrogen-bond donors (Lipinski definition) is 2. The van der Waals surface area contributed by atoms with E-state index < -0.39 is 0 Å². The summed E-state index contributed by atoms with van der Waals surface area (Å²) in [6, 6.07) is 14.0. The van der Waals surface area contributed by atoms with Gasteiger partial charge in [-0.15, -0.1) is 11.3 Å². The zero-order valence-corrected chi connectivity index (χ0v) is 20.5. The highest BCUT2D eigenvalue weighted by molar-refractivity contribution is 7.19. The Kier molecular flexibility index (Phi) is 6.85. The van der Waals surface area contributed by atoms with Crippen molar-refractivity contribution in [2.24, 2.45) is 7.05 Å². The Bertz CT molecular complexity index is 1520. The molecule has 10 heteroatoms. The van der Waals surface area contributed by atoms with Crippen LogP contribution in [0.5, 0.6) is 0 Å². The number of pyridine rings is 1. The SMILES string of the molecule is Cn1cc(-c2cnc(NCCc3ccccc3)c(=O)n2CC(=O)NCc2cc3cnccc3s2)cn1. The number of hydrogen-bond acceptors (Lipinski definition) is 7. The molecule has 0 saturated heterocycles. The van der Waals surface area contributed by atoms with Crippen molar-refractivity contribution in [3.05, 3.63) is 94.2 Å². The highest BCUT2D eigenvalue weighted by Gasteiger charge is 2.16. The number of carbonyl (C=O) groups excluding carboxylic acids is 1. The molecule has 9 nitrogen and oxygen atoms in total. The summed E-state index contributed by atoms with van der Waals surface area (Å²) in [4.78, 5) is 35.8. The lowest BCUT2D eigenvalue weighted by Gasteiger charge is -2.14. The molecular weight excluding hydrogens is 474 g/mol. The summed E-state index contributed by atoms with van der Waals surface area (Å²) in [7, 11) is 1.80. The van der Waals surface area contributed by atoms with Crippen LogP contribution in [0.2, 0.25) is 0 Å². The zero-order valence-electron chi connectivity index (χ0n) is 19.7. The van der Waals surface area contributed by atoms with Gasteiger partial charge in [0.2, 0.25) is 5.91 Å². The molecule has 5 aromatic rings. The third-order valence-electron chi connectivity index (χ3n) is 5.73. The van der Waals surface area contributed by atoms with Crippen molar-refractivity contribution in [1.82, 2.24) is 29.6 Å². The Balaban J connectivity index is 1.33. The average Bonchev–Trinajstić information content (AvgIpc) is 3.51. The first kappa shape index (κ1) is 23.4. The standard InChI is InChI=1S/C26H25N7O2S/c1-32-16-20(13-31-32)22-15-30-25(28-10-7-18-5-3-2-4-6-18)26(35)33(22)17-24(34)29-14-21-11-19-12-27-9-8-23(19)36-21/h2-6,8-9,11-13,15-16H,7,10,14,17H2,1H3,(H,28,30)(H,29,34). The quantitative estimate of drug-likeness (QED) is 0.323. The molecule has 4 heterocycles. The fraction of sp³-hybridized carbons (Fsp3) is 0.192. The molecule has 4 aromatic heterocycles. The van der Waals surface area contributed by atoms with Gasteiger partial charge in [0.05, 0.1) is 24.6 Å². The molecule has 182 valence electrons. The zero-order chi connectivity index (χ0) is 24.9. The third kappa shape index (κ3) is 5.33. The maximum atomic E-state index is 13.4. The van der Waals surface area contributed by atoms with E-state index >= 15 is 0 Å². The maximum Gasteiger partial charge on any atom is 0.294 e. The fourth-order valence-corrected chi connectivity index (χ4v) is 4.90. The molecule has 1 amide bonds. The lowest BCUT2D eigenvalue weighted by molar-refractivity contribution is -0.121. The largest absolute Gasteiger partial charge is 0.365 e. The van der Waals surface area contributed by atoms with Gasteiger partial charge in [-0.05, 0) is 24.1 Å². The lowest BCUT2D eigenvalue weighted by atomic mass is 10.1. The number of aromatic nitrogens is 5. The van der Waals surface area contributed by atoms with Crippen LogP contribution in [-0.4, -0.2) is 36.8 Å². The summed E-state index contributed by atoms with van der Waals surface area (Å²) >= 11 is 1.61. The Morgan fingerprint density at radius 2 is 1.97 bits per heavy atom. The van der Waals surface area contributed by atoms with Crippen molar-refractivity contribution >= 4 is 33.1 Å². The molecule has 0 unspecified atom stereocenters. The lowest BCUT2D eigenvalue weighted by Crippen LogP contribution is -2.34. The topological polar surface area (TPSA) is 107 Å². The van der Waals surface area contributed by atoms with Crippen molar-refractivity contribution in [2.75, 3.05) is 11.9 Å². The van der Waals surface area contributed by atoms with Crippen LogP contribution in [0.25, 0.3) is 21.3 Å². The number of nitrogens with one attached hydrogen (secondary N) is 2. The minimum absolute atomic E-state index is 0.134. The van der Waals surface area contributed by atoms with Crippen LogP contribution in [0.4, 0.5) is 5.82 Å². The monoisotopic (exact) mass is 499 g/mol. The van der Waals surface area contributed by atoms with Gasteiger partial charge in [0.25, 0.3) is 5.56 Å². The molecule has 0 aliphatic heterocycles. The second kappa shape index (κ2) is 10.5. The predicted octanol–water partition coefficient (Wildman–Crippen LogP) is 3.22. The Hall–Kier alpha value is -4.31. The number of rotatable bonds is 9. The molecule has 0 bridgehead atoms. The van der Waals surface area contributed by atoms with E-state index in [1.807, 2.05) is 42.5 Å². The van der Waals surface area contributed by atoms with E-state index in [9.17, 15) is 9.59 Å². The van der Waals surface area contributed by atoms with Gasteiger partial charge in [0.15, 0.2) is 5.82 Å². The van der Waals surface area contributed by atoms with Gasteiger partial charge >= 0.3 is 0 Å². The summed E-state index contributed by atoms with van der Waals surface area (Å²) in [5, 5.41) is 11.3. The van der Waals surface area contributed by atoms with Gasteiger partial charge in [0.1, 0.15) is 6.54 Å². The van der Waals surface area contributed by atoms with Gasteiger partial charge in [0, 0.05) is 52.7 Å². The highest BCUT2D eigenvalue weighted by atomic mass is 32.1. The molecule has 1 aromatic carbocycles. The predicted molar refractivity (Wildman–Crippen MR) is 141 cm³/mol. The van der Waals surface area contributed by atoms with Crippen molar-refractivity contribution in [2.45, 2.75) is 19.5 Å². The molecule has 2 N–H and O–H groups in total. The van der Waals surface area contributed by atoms with Crippen molar-refractivity contribution in [1.29, 1.82) is 0 Å². The van der Waals surface area contributed by atoms with Crippen LogP contribution in [0.3, 0.4) is 0 Å². The molecule has 0 aliphatic rings. The number of fused-ring (bicyclic) bond motifs is 1. The molecule has 0 radical (unpaired) electrons. The Labute approximate surface area is 211 Å². The van der Waals surface area contributed by atoms with Crippen molar-refractivity contribution in [3.63, 3.8) is 0 Å². The summed E-state index contributed by atoms with van der Waals surface area (Å²) in [6.45, 7) is 0.791. The highest BCUT2D eigenvalue weighted by Crippen LogP contribution is 2.24. The van der Waals surface area contributed by atoms with Crippen LogP contribution in [0, 0.1) is 0 Å². The van der Waals surface area contributed by atoms with Crippen molar-refractivity contribution < 1.29 is 4.79 Å². The Morgan fingerprint density at radius 3 is 2.75 bits per heavy atom. The fourth-order valence-electron chi connectivity index (χ4n) is 3.93. The molecule has 36 heavy (non-hydrogen) atoms. The van der Waals surface area contributed by atoms with Gasteiger partial charge in [-0.3, -0.25) is 23.8 Å². The van der Waals surface area contributed by atoms with Gasteiger partial charge in [-0.25, -0.2) is 4.98 Å². The second-order valence-electron chi connectivity index (χ2n) is 8.35. The first-order valence-electron chi connectivity index (χ1n) is 11.5. The summed E-state index contributed by atoms with van der Waals surface area (Å²) in [5.74, 6) is -0.0531.